The Morgan fingerprint density at radius 1 is 1.00 bits per heavy atom. The number of amides is 2. The van der Waals surface area contributed by atoms with E-state index in [4.69, 9.17) is 0 Å². The summed E-state index contributed by atoms with van der Waals surface area (Å²) in [6, 6.07) is 11.7. The van der Waals surface area contributed by atoms with E-state index in [1.54, 1.807) is 19.1 Å². The highest BCUT2D eigenvalue weighted by atomic mass is 32.2. The predicted molar refractivity (Wildman–Crippen MR) is 132 cm³/mol. The maximum Gasteiger partial charge on any atom is 0.244 e. The summed E-state index contributed by atoms with van der Waals surface area (Å²) in [5.74, 6) is -1.28. The van der Waals surface area contributed by atoms with E-state index in [-0.39, 0.29) is 12.5 Å². The summed E-state index contributed by atoms with van der Waals surface area (Å²) in [5.41, 5.74) is 2.04. The number of aryl methyl sites for hydroxylation is 1. The lowest BCUT2D eigenvalue weighted by atomic mass is 10.1. The van der Waals surface area contributed by atoms with Crippen LogP contribution in [0.1, 0.15) is 44.7 Å². The van der Waals surface area contributed by atoms with Gasteiger partial charge in [0, 0.05) is 13.1 Å². The number of halogens is 1. The van der Waals surface area contributed by atoms with Crippen LogP contribution in [0.2, 0.25) is 0 Å². The van der Waals surface area contributed by atoms with Gasteiger partial charge in [0.2, 0.25) is 21.8 Å². The first-order chi connectivity index (χ1) is 16.1. The second kappa shape index (κ2) is 12.5. The number of carbonyl (C=O) groups is 2. The van der Waals surface area contributed by atoms with E-state index in [0.29, 0.717) is 17.8 Å². The summed E-state index contributed by atoms with van der Waals surface area (Å²) >= 11 is 0. The molecule has 1 atom stereocenters. The van der Waals surface area contributed by atoms with Gasteiger partial charge in [0.25, 0.3) is 0 Å². The molecule has 0 aliphatic heterocycles. The molecule has 0 bridgehead atoms. The van der Waals surface area contributed by atoms with Crippen LogP contribution in [0.4, 0.5) is 10.1 Å². The molecule has 0 aliphatic carbocycles. The van der Waals surface area contributed by atoms with Crippen molar-refractivity contribution in [3.05, 3.63) is 65.5 Å². The second-order valence-corrected chi connectivity index (χ2v) is 10.2. The van der Waals surface area contributed by atoms with E-state index < -0.39 is 34.3 Å². The third kappa shape index (κ3) is 7.83. The van der Waals surface area contributed by atoms with Crippen LogP contribution in [0.5, 0.6) is 0 Å². The monoisotopic (exact) mass is 491 g/mol. The average Bonchev–Trinajstić information content (AvgIpc) is 2.81. The fourth-order valence-corrected chi connectivity index (χ4v) is 4.27. The minimum absolute atomic E-state index is 0.0356. The third-order valence-electron chi connectivity index (χ3n) is 5.57. The third-order valence-corrected chi connectivity index (χ3v) is 6.72. The molecule has 1 N–H and O–H groups in total. The summed E-state index contributed by atoms with van der Waals surface area (Å²) < 4.78 is 39.5. The SMILES string of the molecule is CCCCNC(=O)[C@@H](C)N(Cc1ccc(F)cc1)C(=O)CN(c1ccc(CC)cc1)S(C)(=O)=O. The molecule has 0 saturated carbocycles. The lowest BCUT2D eigenvalue weighted by molar-refractivity contribution is -0.139. The van der Waals surface area contributed by atoms with E-state index >= 15 is 0 Å². The van der Waals surface area contributed by atoms with Gasteiger partial charge in [-0.25, -0.2) is 12.8 Å². The number of nitrogens with one attached hydrogen (secondary N) is 1. The zero-order chi connectivity index (χ0) is 25.3. The number of hydrogen-bond acceptors (Lipinski definition) is 4. The molecule has 0 radical (unpaired) electrons. The number of sulfonamides is 1. The molecule has 9 heteroatoms. The number of unbranched alkanes of at least 4 members (excludes halogenated alkanes) is 1. The molecule has 0 aliphatic rings. The van der Waals surface area contributed by atoms with Crippen molar-refractivity contribution in [2.45, 2.75) is 52.6 Å². The Bertz CT molecular complexity index is 1060. The Morgan fingerprint density at radius 2 is 1.59 bits per heavy atom. The second-order valence-electron chi connectivity index (χ2n) is 8.26. The predicted octanol–water partition coefficient (Wildman–Crippen LogP) is 3.49. The largest absolute Gasteiger partial charge is 0.354 e. The van der Waals surface area contributed by atoms with Crippen LogP contribution in [0.3, 0.4) is 0 Å². The van der Waals surface area contributed by atoms with Gasteiger partial charge < -0.3 is 10.2 Å². The number of nitrogens with zero attached hydrogens (tertiary/aromatic N) is 2. The van der Waals surface area contributed by atoms with Crippen molar-refractivity contribution < 1.29 is 22.4 Å². The van der Waals surface area contributed by atoms with Crippen molar-refractivity contribution in [2.24, 2.45) is 0 Å². The number of anilines is 1. The highest BCUT2D eigenvalue weighted by Gasteiger charge is 2.30. The van der Waals surface area contributed by atoms with Gasteiger partial charge in [-0.15, -0.1) is 0 Å². The van der Waals surface area contributed by atoms with Crippen LogP contribution in [-0.2, 0) is 32.6 Å². The number of hydrogen-bond donors (Lipinski definition) is 1. The molecule has 0 spiro atoms. The maximum atomic E-state index is 13.4. The van der Waals surface area contributed by atoms with Gasteiger partial charge >= 0.3 is 0 Å². The first-order valence-electron chi connectivity index (χ1n) is 11.4. The Labute approximate surface area is 202 Å². The molecule has 186 valence electrons. The van der Waals surface area contributed by atoms with Crippen LogP contribution in [0, 0.1) is 5.82 Å². The van der Waals surface area contributed by atoms with E-state index in [1.165, 1.54) is 29.2 Å². The Balaban J connectivity index is 2.32. The van der Waals surface area contributed by atoms with Crippen molar-refractivity contribution in [3.63, 3.8) is 0 Å². The molecule has 34 heavy (non-hydrogen) atoms. The van der Waals surface area contributed by atoms with E-state index in [1.807, 2.05) is 26.0 Å². The van der Waals surface area contributed by atoms with E-state index in [2.05, 4.69) is 5.32 Å². The Kier molecular flexibility index (Phi) is 10.0. The van der Waals surface area contributed by atoms with Crippen molar-refractivity contribution in [1.82, 2.24) is 10.2 Å². The zero-order valence-corrected chi connectivity index (χ0v) is 21.1. The average molecular weight is 492 g/mol. The van der Waals surface area contributed by atoms with Gasteiger partial charge in [0.1, 0.15) is 18.4 Å². The van der Waals surface area contributed by atoms with Gasteiger partial charge in [-0.3, -0.25) is 13.9 Å². The molecule has 0 aromatic heterocycles. The molecule has 0 saturated heterocycles. The summed E-state index contributed by atoms with van der Waals surface area (Å²) in [5, 5.41) is 2.82. The number of carbonyl (C=O) groups excluding carboxylic acids is 2. The highest BCUT2D eigenvalue weighted by molar-refractivity contribution is 7.92. The normalized spacial score (nSPS) is 12.1. The lowest BCUT2D eigenvalue weighted by Crippen LogP contribution is -2.51. The van der Waals surface area contributed by atoms with Gasteiger partial charge in [-0.05, 0) is 55.2 Å². The lowest BCUT2D eigenvalue weighted by Gasteiger charge is -2.31. The van der Waals surface area contributed by atoms with Crippen molar-refractivity contribution in [3.8, 4) is 0 Å². The molecule has 2 aromatic carbocycles. The minimum Gasteiger partial charge on any atom is -0.354 e. The molecular weight excluding hydrogens is 457 g/mol. The molecule has 2 amide bonds. The standard InChI is InChI=1S/C25H34FN3O4S/c1-5-7-16-27-25(31)19(3)28(17-21-8-12-22(26)13-9-21)24(30)18-29(34(4,32)33)23-14-10-20(6-2)11-15-23/h8-15,19H,5-7,16-18H2,1-4H3,(H,27,31)/t19-/m1/s1. The summed E-state index contributed by atoms with van der Waals surface area (Å²) in [7, 11) is -3.77. The van der Waals surface area contributed by atoms with Crippen LogP contribution >= 0.6 is 0 Å². The molecule has 0 heterocycles. The molecule has 2 aromatic rings. The van der Waals surface area contributed by atoms with E-state index in [0.717, 1.165) is 35.4 Å². The molecular formula is C25H34FN3O4S. The van der Waals surface area contributed by atoms with Crippen molar-refractivity contribution >= 4 is 27.5 Å². The maximum absolute atomic E-state index is 13.4. The molecule has 2 rings (SSSR count). The van der Waals surface area contributed by atoms with Crippen molar-refractivity contribution in [2.75, 3.05) is 23.7 Å². The Hall–Kier alpha value is -2.94. The zero-order valence-electron chi connectivity index (χ0n) is 20.3. The Morgan fingerprint density at radius 3 is 2.12 bits per heavy atom. The topological polar surface area (TPSA) is 86.8 Å². The summed E-state index contributed by atoms with van der Waals surface area (Å²) in [6.07, 6.45) is 3.56. The summed E-state index contributed by atoms with van der Waals surface area (Å²) in [4.78, 5) is 27.5. The quantitative estimate of drug-likeness (QED) is 0.461. The molecule has 0 fully saturated rings. The van der Waals surface area contributed by atoms with Gasteiger partial charge in [0.05, 0.1) is 11.9 Å². The molecule has 0 unspecified atom stereocenters. The van der Waals surface area contributed by atoms with Crippen LogP contribution in [-0.4, -0.2) is 50.5 Å². The van der Waals surface area contributed by atoms with Crippen LogP contribution < -0.4 is 9.62 Å². The smallest absolute Gasteiger partial charge is 0.244 e. The fraction of sp³-hybridized carbons (Fsp3) is 0.440. The van der Waals surface area contributed by atoms with Gasteiger partial charge in [-0.1, -0.05) is 44.5 Å². The van der Waals surface area contributed by atoms with E-state index in [9.17, 15) is 22.4 Å². The fourth-order valence-electron chi connectivity index (χ4n) is 3.42. The van der Waals surface area contributed by atoms with Gasteiger partial charge in [-0.2, -0.15) is 0 Å². The van der Waals surface area contributed by atoms with Crippen LogP contribution in [0.15, 0.2) is 48.5 Å². The first-order valence-corrected chi connectivity index (χ1v) is 13.3. The molecule has 7 nitrogen and oxygen atoms in total. The van der Waals surface area contributed by atoms with Crippen LogP contribution in [0.25, 0.3) is 0 Å². The first kappa shape index (κ1) is 27.3. The van der Waals surface area contributed by atoms with Crippen molar-refractivity contribution in [1.29, 1.82) is 0 Å². The minimum atomic E-state index is -3.77. The number of rotatable bonds is 12. The number of benzene rings is 2. The highest BCUT2D eigenvalue weighted by Crippen LogP contribution is 2.20. The summed E-state index contributed by atoms with van der Waals surface area (Å²) in [6.45, 7) is 5.66. The van der Waals surface area contributed by atoms with Gasteiger partial charge in [0.15, 0.2) is 0 Å².